The third-order valence-electron chi connectivity index (χ3n) is 3.90. The number of aliphatic hydroxyl groups is 1. The minimum Gasteiger partial charge on any atom is -0.396 e. The van der Waals surface area contributed by atoms with Crippen molar-refractivity contribution in [3.63, 3.8) is 0 Å². The van der Waals surface area contributed by atoms with Crippen LogP contribution in [0.5, 0.6) is 0 Å². The first-order valence-electron chi connectivity index (χ1n) is 7.70. The number of aryl methyl sites for hydroxylation is 2. The summed E-state index contributed by atoms with van der Waals surface area (Å²) in [5, 5.41) is 19.1. The number of nitrogens with one attached hydrogen (secondary N) is 2. The molecule has 23 heavy (non-hydrogen) atoms. The molecule has 0 aliphatic carbocycles. The molecule has 2 aromatic rings. The van der Waals surface area contributed by atoms with Gasteiger partial charge in [0.2, 0.25) is 5.91 Å². The molecule has 2 rings (SSSR count). The molecule has 0 radical (unpaired) electrons. The van der Waals surface area contributed by atoms with Crippen LogP contribution in [0.1, 0.15) is 29.4 Å². The first kappa shape index (κ1) is 17.2. The highest BCUT2D eigenvalue weighted by Gasteiger charge is 2.19. The Hall–Kier alpha value is -2.18. The second-order valence-corrected chi connectivity index (χ2v) is 5.71. The molecule has 0 aliphatic rings. The molecule has 0 saturated carbocycles. The third-order valence-corrected chi connectivity index (χ3v) is 3.90. The number of rotatable bonds is 7. The molecule has 0 bridgehead atoms. The minimum atomic E-state index is -0.0982. The number of benzene rings is 1. The summed E-state index contributed by atoms with van der Waals surface area (Å²) < 4.78 is 0. The Bertz CT molecular complexity index is 620. The van der Waals surface area contributed by atoms with E-state index in [2.05, 4.69) is 15.5 Å². The molecule has 0 spiro atoms. The lowest BCUT2D eigenvalue weighted by molar-refractivity contribution is -0.117. The van der Waals surface area contributed by atoms with Crippen molar-refractivity contribution in [2.24, 2.45) is 0 Å². The van der Waals surface area contributed by atoms with Crippen molar-refractivity contribution in [3.05, 3.63) is 47.3 Å². The van der Waals surface area contributed by atoms with Crippen molar-refractivity contribution in [1.82, 2.24) is 15.1 Å². The summed E-state index contributed by atoms with van der Waals surface area (Å²) in [6.07, 6.45) is 0.581. The fourth-order valence-corrected chi connectivity index (χ4v) is 2.69. The molecule has 0 aliphatic heterocycles. The number of carbonyl (C=O) groups excluding carboxylic acids is 1. The summed E-state index contributed by atoms with van der Waals surface area (Å²) in [6, 6.07) is 9.91. The highest BCUT2D eigenvalue weighted by atomic mass is 16.3. The van der Waals surface area contributed by atoms with E-state index in [0.29, 0.717) is 6.42 Å². The zero-order valence-electron chi connectivity index (χ0n) is 13.8. The van der Waals surface area contributed by atoms with E-state index < -0.39 is 0 Å². The van der Waals surface area contributed by atoms with E-state index in [1.807, 2.05) is 56.1 Å². The topological polar surface area (TPSA) is 81.2 Å². The van der Waals surface area contributed by atoms with E-state index in [0.717, 1.165) is 22.6 Å². The van der Waals surface area contributed by atoms with E-state index in [9.17, 15) is 9.90 Å². The van der Waals surface area contributed by atoms with E-state index in [4.69, 9.17) is 0 Å². The number of likely N-dealkylation sites (N-methyl/N-ethyl adjacent to an activating group) is 1. The second kappa shape index (κ2) is 7.89. The molecule has 3 N–H and O–H groups in total. The molecule has 6 nitrogen and oxygen atoms in total. The van der Waals surface area contributed by atoms with Gasteiger partial charge < -0.3 is 10.4 Å². The molecule has 1 unspecified atom stereocenters. The van der Waals surface area contributed by atoms with Crippen molar-refractivity contribution in [1.29, 1.82) is 0 Å². The Balaban J connectivity index is 2.03. The van der Waals surface area contributed by atoms with Crippen molar-refractivity contribution in [2.45, 2.75) is 26.3 Å². The van der Waals surface area contributed by atoms with Gasteiger partial charge in [-0.25, -0.2) is 0 Å². The first-order valence-corrected chi connectivity index (χ1v) is 7.70. The van der Waals surface area contributed by atoms with Crippen LogP contribution in [-0.2, 0) is 4.79 Å². The summed E-state index contributed by atoms with van der Waals surface area (Å²) in [5.41, 5.74) is 3.44. The third kappa shape index (κ3) is 4.40. The van der Waals surface area contributed by atoms with Crippen molar-refractivity contribution < 1.29 is 9.90 Å². The van der Waals surface area contributed by atoms with Crippen molar-refractivity contribution in [3.8, 4) is 0 Å². The van der Waals surface area contributed by atoms with Crippen LogP contribution in [0.25, 0.3) is 0 Å². The summed E-state index contributed by atoms with van der Waals surface area (Å²) in [5.74, 6) is -0.0982. The van der Waals surface area contributed by atoms with Crippen LogP contribution in [0, 0.1) is 13.8 Å². The quantitative estimate of drug-likeness (QED) is 0.730. The number of nitrogens with zero attached hydrogens (tertiary/aromatic N) is 2. The van der Waals surface area contributed by atoms with Gasteiger partial charge in [0.05, 0.1) is 23.6 Å². The second-order valence-electron chi connectivity index (χ2n) is 5.71. The number of carbonyl (C=O) groups is 1. The van der Waals surface area contributed by atoms with E-state index in [-0.39, 0.29) is 25.1 Å². The van der Waals surface area contributed by atoms with Gasteiger partial charge in [-0.2, -0.15) is 5.10 Å². The van der Waals surface area contributed by atoms with Gasteiger partial charge >= 0.3 is 0 Å². The Labute approximate surface area is 136 Å². The summed E-state index contributed by atoms with van der Waals surface area (Å²) in [4.78, 5) is 14.3. The maximum Gasteiger partial charge on any atom is 0.238 e. The number of amides is 1. The molecule has 6 heteroatoms. The van der Waals surface area contributed by atoms with Crippen molar-refractivity contribution >= 4 is 11.6 Å². The van der Waals surface area contributed by atoms with Gasteiger partial charge in [-0.1, -0.05) is 30.3 Å². The molecule has 1 amide bonds. The lowest BCUT2D eigenvalue weighted by atomic mass is 10.0. The van der Waals surface area contributed by atoms with Crippen LogP contribution in [0.4, 0.5) is 5.69 Å². The maximum absolute atomic E-state index is 12.3. The molecule has 1 atom stereocenters. The van der Waals surface area contributed by atoms with Gasteiger partial charge in [-0.05, 0) is 32.9 Å². The molecule has 1 heterocycles. The maximum atomic E-state index is 12.3. The van der Waals surface area contributed by atoms with Gasteiger partial charge in [0.25, 0.3) is 0 Å². The number of anilines is 1. The van der Waals surface area contributed by atoms with Crippen LogP contribution in [0.2, 0.25) is 0 Å². The molecular weight excluding hydrogens is 292 g/mol. The summed E-state index contributed by atoms with van der Waals surface area (Å²) in [7, 11) is 1.89. The largest absolute Gasteiger partial charge is 0.396 e. The number of aromatic amines is 1. The molecule has 1 aromatic heterocycles. The minimum absolute atomic E-state index is 0.00139. The molecule has 0 fully saturated rings. The zero-order valence-corrected chi connectivity index (χ0v) is 13.8. The fourth-order valence-electron chi connectivity index (χ4n) is 2.69. The van der Waals surface area contributed by atoms with Crippen LogP contribution in [0.3, 0.4) is 0 Å². The van der Waals surface area contributed by atoms with Gasteiger partial charge in [0, 0.05) is 12.6 Å². The average Bonchev–Trinajstić information content (AvgIpc) is 2.85. The van der Waals surface area contributed by atoms with E-state index in [1.54, 1.807) is 0 Å². The molecule has 1 aromatic carbocycles. The number of aromatic nitrogens is 2. The summed E-state index contributed by atoms with van der Waals surface area (Å²) in [6.45, 7) is 4.04. The smallest absolute Gasteiger partial charge is 0.238 e. The van der Waals surface area contributed by atoms with Gasteiger partial charge in [0.15, 0.2) is 0 Å². The summed E-state index contributed by atoms with van der Waals surface area (Å²) >= 11 is 0. The Kier molecular flexibility index (Phi) is 5.90. The van der Waals surface area contributed by atoms with E-state index in [1.165, 1.54) is 0 Å². The Morgan fingerprint density at radius 2 is 2.04 bits per heavy atom. The number of hydrogen-bond acceptors (Lipinski definition) is 4. The van der Waals surface area contributed by atoms with Crippen molar-refractivity contribution in [2.75, 3.05) is 25.5 Å². The fraction of sp³-hybridized carbons (Fsp3) is 0.412. The lowest BCUT2D eigenvalue weighted by Crippen LogP contribution is -2.34. The lowest BCUT2D eigenvalue weighted by Gasteiger charge is -2.27. The zero-order chi connectivity index (χ0) is 16.8. The number of H-pyrrole nitrogens is 1. The average molecular weight is 316 g/mol. The molecule has 124 valence electrons. The highest BCUT2D eigenvalue weighted by molar-refractivity contribution is 5.93. The number of aliphatic hydroxyl groups excluding tert-OH is 1. The van der Waals surface area contributed by atoms with Crippen LogP contribution < -0.4 is 5.32 Å². The predicted octanol–water partition coefficient (Wildman–Crippen LogP) is 2.02. The van der Waals surface area contributed by atoms with Crippen LogP contribution in [-0.4, -0.2) is 46.3 Å². The van der Waals surface area contributed by atoms with Gasteiger partial charge in [0.1, 0.15) is 0 Å². The van der Waals surface area contributed by atoms with Gasteiger partial charge in [-0.15, -0.1) is 0 Å². The van der Waals surface area contributed by atoms with Crippen LogP contribution >= 0.6 is 0 Å². The molecule has 0 saturated heterocycles. The van der Waals surface area contributed by atoms with Crippen LogP contribution in [0.15, 0.2) is 30.3 Å². The SMILES string of the molecule is Cc1n[nH]c(C)c1NC(=O)CN(C)C(CCO)c1ccccc1. The normalized spacial score (nSPS) is 12.4. The Morgan fingerprint density at radius 3 is 2.61 bits per heavy atom. The monoisotopic (exact) mass is 316 g/mol. The predicted molar refractivity (Wildman–Crippen MR) is 90.2 cm³/mol. The Morgan fingerprint density at radius 1 is 1.35 bits per heavy atom. The standard InChI is InChI=1S/C17H24N4O2/c1-12-17(13(2)20-19-12)18-16(23)11-21(3)15(9-10-22)14-7-5-4-6-8-14/h4-8,15,22H,9-11H2,1-3H3,(H,18,23)(H,19,20). The molecular formula is C17H24N4O2. The van der Waals surface area contributed by atoms with E-state index >= 15 is 0 Å². The van der Waals surface area contributed by atoms with Gasteiger partial charge in [-0.3, -0.25) is 14.8 Å². The highest BCUT2D eigenvalue weighted by Crippen LogP contribution is 2.23. The first-order chi connectivity index (χ1) is 11.0. The number of hydrogen-bond donors (Lipinski definition) is 3.